The SMILES string of the molecule is CCCCN1CCN(C2=Nc3cc(Cl)ccc3Sc3ccccc32)CC1.Cl. The van der Waals surface area contributed by atoms with Gasteiger partial charge in [0.05, 0.1) is 5.69 Å². The van der Waals surface area contributed by atoms with Crippen LogP contribution in [0.15, 0.2) is 57.2 Å². The Morgan fingerprint density at radius 3 is 2.59 bits per heavy atom. The lowest BCUT2D eigenvalue weighted by Crippen LogP contribution is -2.49. The molecule has 2 aliphatic rings. The fraction of sp³-hybridized carbons (Fsp3) is 0.381. The summed E-state index contributed by atoms with van der Waals surface area (Å²) in [7, 11) is 0. The lowest BCUT2D eigenvalue weighted by molar-refractivity contribution is 0.180. The molecule has 0 spiro atoms. The quantitative estimate of drug-likeness (QED) is 0.630. The smallest absolute Gasteiger partial charge is 0.137 e. The van der Waals surface area contributed by atoms with Crippen LogP contribution in [-0.4, -0.2) is 48.4 Å². The van der Waals surface area contributed by atoms with Crippen LogP contribution in [0.5, 0.6) is 0 Å². The molecule has 2 aromatic carbocycles. The Balaban J connectivity index is 0.00000210. The maximum atomic E-state index is 6.24. The van der Waals surface area contributed by atoms with E-state index in [0.717, 1.165) is 42.7 Å². The number of piperazine rings is 1. The summed E-state index contributed by atoms with van der Waals surface area (Å²) >= 11 is 8.02. The molecule has 0 atom stereocenters. The molecule has 1 fully saturated rings. The van der Waals surface area contributed by atoms with Crippen LogP contribution in [0.25, 0.3) is 0 Å². The van der Waals surface area contributed by atoms with E-state index in [0.29, 0.717) is 0 Å². The Kier molecular flexibility index (Phi) is 7.10. The molecule has 2 aromatic rings. The lowest BCUT2D eigenvalue weighted by atomic mass is 10.1. The van der Waals surface area contributed by atoms with E-state index in [9.17, 15) is 0 Å². The van der Waals surface area contributed by atoms with Gasteiger partial charge in [0, 0.05) is 46.6 Å². The number of amidine groups is 1. The average molecular weight is 422 g/mol. The van der Waals surface area contributed by atoms with Gasteiger partial charge in [-0.15, -0.1) is 12.4 Å². The van der Waals surface area contributed by atoms with Crippen LogP contribution >= 0.6 is 35.8 Å². The zero-order chi connectivity index (χ0) is 17.9. The zero-order valence-corrected chi connectivity index (χ0v) is 17.9. The van der Waals surface area contributed by atoms with Crippen LogP contribution in [0, 0.1) is 0 Å². The van der Waals surface area contributed by atoms with E-state index < -0.39 is 0 Å². The standard InChI is InChI=1S/C21H24ClN3S.ClH/c1-2-3-10-24-11-13-25(14-12-24)21-17-6-4-5-7-19(17)26-20-9-8-16(22)15-18(20)23-21;/h4-9,15H,2-3,10-14H2,1H3;1H. The van der Waals surface area contributed by atoms with Gasteiger partial charge in [0.25, 0.3) is 0 Å². The van der Waals surface area contributed by atoms with Crippen molar-refractivity contribution < 1.29 is 0 Å². The van der Waals surface area contributed by atoms with Gasteiger partial charge in [-0.05, 0) is 37.2 Å². The molecule has 0 N–H and O–H groups in total. The monoisotopic (exact) mass is 421 g/mol. The number of nitrogens with zero attached hydrogens (tertiary/aromatic N) is 3. The summed E-state index contributed by atoms with van der Waals surface area (Å²) in [5.41, 5.74) is 2.20. The molecule has 0 amide bonds. The van der Waals surface area contributed by atoms with E-state index in [2.05, 4.69) is 47.1 Å². The highest BCUT2D eigenvalue weighted by Crippen LogP contribution is 2.41. The topological polar surface area (TPSA) is 18.8 Å². The van der Waals surface area contributed by atoms with Crippen LogP contribution in [0.3, 0.4) is 0 Å². The van der Waals surface area contributed by atoms with Gasteiger partial charge in [0.15, 0.2) is 0 Å². The van der Waals surface area contributed by atoms with Crippen LogP contribution in [0.4, 0.5) is 5.69 Å². The first kappa shape index (κ1) is 20.5. The van der Waals surface area contributed by atoms with Crippen molar-refractivity contribution in [2.24, 2.45) is 4.99 Å². The summed E-state index contributed by atoms with van der Waals surface area (Å²) < 4.78 is 0. The summed E-state index contributed by atoms with van der Waals surface area (Å²) in [6.45, 7) is 7.73. The molecule has 0 bridgehead atoms. The third-order valence-electron chi connectivity index (χ3n) is 4.99. The van der Waals surface area contributed by atoms with Gasteiger partial charge in [0.1, 0.15) is 5.84 Å². The minimum atomic E-state index is 0. The van der Waals surface area contributed by atoms with Crippen molar-refractivity contribution in [1.29, 1.82) is 0 Å². The Hall–Kier alpha value is -1.20. The first-order valence-electron chi connectivity index (χ1n) is 9.37. The number of hydrogen-bond donors (Lipinski definition) is 0. The van der Waals surface area contributed by atoms with E-state index in [4.69, 9.17) is 16.6 Å². The summed E-state index contributed by atoms with van der Waals surface area (Å²) in [6, 6.07) is 14.6. The maximum absolute atomic E-state index is 6.24. The molecule has 3 nitrogen and oxygen atoms in total. The highest BCUT2D eigenvalue weighted by molar-refractivity contribution is 7.99. The molecule has 0 aromatic heterocycles. The molecule has 2 heterocycles. The van der Waals surface area contributed by atoms with Gasteiger partial charge in [-0.3, -0.25) is 4.90 Å². The van der Waals surface area contributed by atoms with Crippen LogP contribution in [0.1, 0.15) is 25.3 Å². The molecule has 1 saturated heterocycles. The second-order valence-electron chi connectivity index (χ2n) is 6.83. The average Bonchev–Trinajstić information content (AvgIpc) is 2.83. The first-order chi connectivity index (χ1) is 12.7. The number of unbranched alkanes of at least 4 members (excludes halogenated alkanes) is 1. The number of benzene rings is 2. The molecule has 0 radical (unpaired) electrons. The Morgan fingerprint density at radius 2 is 1.81 bits per heavy atom. The van der Waals surface area contributed by atoms with Gasteiger partial charge < -0.3 is 4.90 Å². The molecule has 2 aliphatic heterocycles. The van der Waals surface area contributed by atoms with E-state index in [-0.39, 0.29) is 12.4 Å². The molecule has 27 heavy (non-hydrogen) atoms. The number of rotatable bonds is 3. The van der Waals surface area contributed by atoms with Gasteiger partial charge in [-0.2, -0.15) is 0 Å². The minimum Gasteiger partial charge on any atom is -0.354 e. The third-order valence-corrected chi connectivity index (χ3v) is 6.37. The number of fused-ring (bicyclic) bond motifs is 2. The highest BCUT2D eigenvalue weighted by atomic mass is 35.5. The van der Waals surface area contributed by atoms with Crippen LogP contribution in [-0.2, 0) is 0 Å². The highest BCUT2D eigenvalue weighted by Gasteiger charge is 2.25. The second kappa shape index (κ2) is 9.33. The van der Waals surface area contributed by atoms with E-state index in [1.807, 2.05) is 12.1 Å². The van der Waals surface area contributed by atoms with Crippen LogP contribution < -0.4 is 0 Å². The van der Waals surface area contributed by atoms with Crippen molar-refractivity contribution >= 4 is 47.3 Å². The first-order valence-corrected chi connectivity index (χ1v) is 10.6. The summed E-state index contributed by atoms with van der Waals surface area (Å²) in [6.07, 6.45) is 2.54. The fourth-order valence-corrected chi connectivity index (χ4v) is 4.67. The summed E-state index contributed by atoms with van der Waals surface area (Å²) in [5, 5.41) is 0.739. The molecular weight excluding hydrogens is 397 g/mol. The van der Waals surface area contributed by atoms with Gasteiger partial charge in [-0.1, -0.05) is 54.9 Å². The lowest BCUT2D eigenvalue weighted by Gasteiger charge is -2.36. The minimum absolute atomic E-state index is 0. The Bertz CT molecular complexity index is 817. The maximum Gasteiger partial charge on any atom is 0.137 e. The molecular formula is C21H25Cl2N3S. The van der Waals surface area contributed by atoms with Crippen molar-refractivity contribution in [1.82, 2.24) is 9.80 Å². The van der Waals surface area contributed by atoms with Crippen molar-refractivity contribution in [3.05, 3.63) is 53.1 Å². The van der Waals surface area contributed by atoms with E-state index in [1.54, 1.807) is 11.8 Å². The third kappa shape index (κ3) is 4.62. The predicted octanol–water partition coefficient (Wildman–Crippen LogP) is 5.72. The van der Waals surface area contributed by atoms with E-state index in [1.165, 1.54) is 34.7 Å². The molecule has 0 unspecified atom stereocenters. The van der Waals surface area contributed by atoms with Crippen molar-refractivity contribution in [3.8, 4) is 0 Å². The zero-order valence-electron chi connectivity index (χ0n) is 15.5. The van der Waals surface area contributed by atoms with E-state index >= 15 is 0 Å². The van der Waals surface area contributed by atoms with Gasteiger partial charge in [0.2, 0.25) is 0 Å². The normalized spacial score (nSPS) is 16.7. The largest absolute Gasteiger partial charge is 0.354 e. The Morgan fingerprint density at radius 1 is 1.04 bits per heavy atom. The van der Waals surface area contributed by atoms with Crippen molar-refractivity contribution in [2.45, 2.75) is 29.6 Å². The number of hydrogen-bond acceptors (Lipinski definition) is 4. The molecule has 144 valence electrons. The number of halogens is 2. The second-order valence-corrected chi connectivity index (χ2v) is 8.35. The molecule has 6 heteroatoms. The number of aliphatic imine (C=N–C) groups is 1. The fourth-order valence-electron chi connectivity index (χ4n) is 3.50. The molecule has 0 saturated carbocycles. The predicted molar refractivity (Wildman–Crippen MR) is 118 cm³/mol. The Labute approximate surface area is 177 Å². The molecule has 4 rings (SSSR count). The van der Waals surface area contributed by atoms with Gasteiger partial charge in [-0.25, -0.2) is 4.99 Å². The summed E-state index contributed by atoms with van der Waals surface area (Å²) in [5.74, 6) is 1.09. The molecule has 0 aliphatic carbocycles. The van der Waals surface area contributed by atoms with Crippen molar-refractivity contribution in [2.75, 3.05) is 32.7 Å². The van der Waals surface area contributed by atoms with Crippen molar-refractivity contribution in [3.63, 3.8) is 0 Å². The summed E-state index contributed by atoms with van der Waals surface area (Å²) in [4.78, 5) is 12.5. The van der Waals surface area contributed by atoms with Crippen LogP contribution in [0.2, 0.25) is 5.02 Å². The van der Waals surface area contributed by atoms with Gasteiger partial charge >= 0.3 is 0 Å².